The largest absolute Gasteiger partial charge is 0.461 e. The minimum absolute atomic E-state index is 0.191. The summed E-state index contributed by atoms with van der Waals surface area (Å²) in [7, 11) is 0. The van der Waals surface area contributed by atoms with E-state index in [0.717, 1.165) is 0 Å². The van der Waals surface area contributed by atoms with Crippen LogP contribution in [0.4, 0.5) is 0 Å². The molecule has 2 fully saturated rings. The molecule has 0 spiro atoms. The zero-order valence-corrected chi connectivity index (χ0v) is 14.9. The van der Waals surface area contributed by atoms with Gasteiger partial charge in [0.1, 0.15) is 18.3 Å². The van der Waals surface area contributed by atoms with Gasteiger partial charge in [-0.05, 0) is 25.3 Å². The number of ether oxygens (including phenoxy) is 2. The third-order valence-corrected chi connectivity index (χ3v) is 5.41. The highest BCUT2D eigenvalue weighted by Crippen LogP contribution is 2.43. The van der Waals surface area contributed by atoms with Gasteiger partial charge in [0, 0.05) is 24.8 Å². The Labute approximate surface area is 147 Å². The Morgan fingerprint density at radius 3 is 2.60 bits per heavy atom. The SMILES string of the molecule is C=C1C(=O)O[C@H]2[C@H]1[C@H](OC(C)=O)CC(=C)[C@H](OO)CC[C@@](C)(O)[C@H]2C. The third kappa shape index (κ3) is 3.94. The number of carbonyl (C=O) groups excluding carboxylic acids is 2. The average Bonchev–Trinajstić information content (AvgIpc) is 2.80. The number of hydrogen-bond donors (Lipinski definition) is 2. The first-order valence-electron chi connectivity index (χ1n) is 8.35. The van der Waals surface area contributed by atoms with Crippen molar-refractivity contribution in [2.75, 3.05) is 0 Å². The Morgan fingerprint density at radius 2 is 2.04 bits per heavy atom. The van der Waals surface area contributed by atoms with Gasteiger partial charge in [-0.1, -0.05) is 20.1 Å². The Kier molecular flexibility index (Phi) is 5.71. The van der Waals surface area contributed by atoms with Crippen LogP contribution in [-0.4, -0.2) is 46.2 Å². The molecular formula is C18H26O7. The number of aliphatic hydroxyl groups is 1. The van der Waals surface area contributed by atoms with Gasteiger partial charge >= 0.3 is 11.9 Å². The molecular weight excluding hydrogens is 328 g/mol. The molecule has 7 nitrogen and oxygen atoms in total. The van der Waals surface area contributed by atoms with E-state index in [-0.39, 0.29) is 12.0 Å². The van der Waals surface area contributed by atoms with Crippen molar-refractivity contribution in [2.45, 2.75) is 63.9 Å². The van der Waals surface area contributed by atoms with Crippen LogP contribution in [0.15, 0.2) is 24.3 Å². The van der Waals surface area contributed by atoms with Gasteiger partial charge in [0.25, 0.3) is 0 Å². The molecule has 0 aromatic carbocycles. The van der Waals surface area contributed by atoms with Crippen molar-refractivity contribution in [3.05, 3.63) is 24.3 Å². The van der Waals surface area contributed by atoms with E-state index >= 15 is 0 Å². The Morgan fingerprint density at radius 1 is 1.40 bits per heavy atom. The molecule has 1 aliphatic heterocycles. The minimum Gasteiger partial charge on any atom is -0.461 e. The lowest BCUT2D eigenvalue weighted by Gasteiger charge is -2.39. The van der Waals surface area contributed by atoms with Crippen LogP contribution < -0.4 is 0 Å². The van der Waals surface area contributed by atoms with Crippen LogP contribution >= 0.6 is 0 Å². The maximum atomic E-state index is 12.1. The number of esters is 2. The molecule has 0 amide bonds. The highest BCUT2D eigenvalue weighted by atomic mass is 17.1. The topological polar surface area (TPSA) is 102 Å². The molecule has 25 heavy (non-hydrogen) atoms. The van der Waals surface area contributed by atoms with E-state index in [1.54, 1.807) is 13.8 Å². The molecule has 0 bridgehead atoms. The Hall–Kier alpha value is -1.70. The zero-order chi connectivity index (χ0) is 18.9. The van der Waals surface area contributed by atoms with Crippen molar-refractivity contribution in [3.8, 4) is 0 Å². The van der Waals surface area contributed by atoms with Crippen molar-refractivity contribution < 1.29 is 34.3 Å². The smallest absolute Gasteiger partial charge is 0.334 e. The monoisotopic (exact) mass is 354 g/mol. The Bertz CT molecular complexity index is 580. The summed E-state index contributed by atoms with van der Waals surface area (Å²) in [5.74, 6) is -2.12. The fourth-order valence-electron chi connectivity index (χ4n) is 3.64. The van der Waals surface area contributed by atoms with E-state index in [4.69, 9.17) is 9.47 Å². The van der Waals surface area contributed by atoms with E-state index in [9.17, 15) is 20.0 Å². The van der Waals surface area contributed by atoms with Gasteiger partial charge in [-0.2, -0.15) is 0 Å². The molecule has 6 atom stereocenters. The first-order chi connectivity index (χ1) is 11.6. The van der Waals surface area contributed by atoms with Crippen LogP contribution in [-0.2, 0) is 24.0 Å². The molecule has 7 heteroatoms. The number of fused-ring (bicyclic) bond motifs is 1. The summed E-state index contributed by atoms with van der Waals surface area (Å²) in [5.41, 5.74) is -0.484. The maximum Gasteiger partial charge on any atom is 0.334 e. The van der Waals surface area contributed by atoms with Crippen molar-refractivity contribution >= 4 is 11.9 Å². The molecule has 140 valence electrons. The van der Waals surface area contributed by atoms with E-state index in [2.05, 4.69) is 18.0 Å². The first kappa shape index (κ1) is 19.6. The predicted octanol–water partition coefficient (Wildman–Crippen LogP) is 2.00. The van der Waals surface area contributed by atoms with Gasteiger partial charge < -0.3 is 14.6 Å². The summed E-state index contributed by atoms with van der Waals surface area (Å²) in [5, 5.41) is 20.0. The summed E-state index contributed by atoms with van der Waals surface area (Å²) < 4.78 is 10.9. The van der Waals surface area contributed by atoms with Gasteiger partial charge in [-0.15, -0.1) is 0 Å². The molecule has 1 saturated carbocycles. The Balaban J connectivity index is 2.47. The number of carbonyl (C=O) groups is 2. The molecule has 0 unspecified atom stereocenters. The molecule has 2 N–H and O–H groups in total. The fraction of sp³-hybridized carbons (Fsp3) is 0.667. The van der Waals surface area contributed by atoms with E-state index in [1.165, 1.54) is 6.92 Å². The van der Waals surface area contributed by atoms with Crippen LogP contribution in [0, 0.1) is 11.8 Å². The lowest BCUT2D eigenvalue weighted by atomic mass is 9.73. The van der Waals surface area contributed by atoms with Crippen LogP contribution in [0.5, 0.6) is 0 Å². The van der Waals surface area contributed by atoms with Crippen molar-refractivity contribution in [2.24, 2.45) is 11.8 Å². The molecule has 0 aromatic heterocycles. The lowest BCUT2D eigenvalue weighted by Crippen LogP contribution is -2.47. The second kappa shape index (κ2) is 7.27. The van der Waals surface area contributed by atoms with Crippen molar-refractivity contribution in [3.63, 3.8) is 0 Å². The van der Waals surface area contributed by atoms with Gasteiger partial charge in [-0.3, -0.25) is 10.1 Å². The summed E-state index contributed by atoms with van der Waals surface area (Å²) in [6, 6.07) is 0. The summed E-state index contributed by atoms with van der Waals surface area (Å²) in [6.07, 6.45) is -1.30. The summed E-state index contributed by atoms with van der Waals surface area (Å²) in [4.78, 5) is 28.2. The maximum absolute atomic E-state index is 12.1. The number of rotatable bonds is 2. The van der Waals surface area contributed by atoms with Gasteiger partial charge in [0.05, 0.1) is 11.5 Å². The molecule has 0 aromatic rings. The molecule has 0 radical (unpaired) electrons. The van der Waals surface area contributed by atoms with E-state index in [0.29, 0.717) is 18.4 Å². The molecule has 1 heterocycles. The van der Waals surface area contributed by atoms with Gasteiger partial charge in [0.15, 0.2) is 0 Å². The fourth-order valence-corrected chi connectivity index (χ4v) is 3.64. The second-order valence-electron chi connectivity index (χ2n) is 7.21. The van der Waals surface area contributed by atoms with Gasteiger partial charge in [-0.25, -0.2) is 9.68 Å². The minimum atomic E-state index is -1.19. The first-order valence-corrected chi connectivity index (χ1v) is 8.35. The van der Waals surface area contributed by atoms with E-state index < -0.39 is 47.7 Å². The van der Waals surface area contributed by atoms with E-state index in [1.807, 2.05) is 0 Å². The average molecular weight is 354 g/mol. The highest BCUT2D eigenvalue weighted by Gasteiger charge is 2.51. The van der Waals surface area contributed by atoms with Crippen molar-refractivity contribution in [1.82, 2.24) is 0 Å². The molecule has 1 saturated heterocycles. The third-order valence-electron chi connectivity index (χ3n) is 5.41. The molecule has 1 aliphatic carbocycles. The van der Waals surface area contributed by atoms with Crippen LogP contribution in [0.1, 0.15) is 40.0 Å². The molecule has 2 aliphatic rings. The van der Waals surface area contributed by atoms with Crippen LogP contribution in [0.3, 0.4) is 0 Å². The second-order valence-corrected chi connectivity index (χ2v) is 7.21. The van der Waals surface area contributed by atoms with Crippen molar-refractivity contribution in [1.29, 1.82) is 0 Å². The standard InChI is InChI=1S/C18H26O7/c1-9-8-14(23-12(4)19)15-10(2)17(20)24-16(15)11(3)18(5,21)7-6-13(9)25-22/h11,13-16,21-22H,1-2,6-8H2,3-5H3/t11-,13+,14+,15+,16+,18+/m0/s1. The lowest BCUT2D eigenvalue weighted by molar-refractivity contribution is -0.273. The van der Waals surface area contributed by atoms with Crippen LogP contribution in [0.2, 0.25) is 0 Å². The zero-order valence-electron chi connectivity index (χ0n) is 14.9. The predicted molar refractivity (Wildman–Crippen MR) is 88.3 cm³/mol. The number of hydrogen-bond acceptors (Lipinski definition) is 7. The highest BCUT2D eigenvalue weighted by molar-refractivity contribution is 5.91. The quantitative estimate of drug-likeness (QED) is 0.257. The summed E-state index contributed by atoms with van der Waals surface area (Å²) in [6.45, 7) is 12.4. The normalized spacial score (nSPS) is 39.6. The molecule has 2 rings (SSSR count). The van der Waals surface area contributed by atoms with Gasteiger partial charge in [0.2, 0.25) is 0 Å². The van der Waals surface area contributed by atoms with Crippen LogP contribution in [0.25, 0.3) is 0 Å². The summed E-state index contributed by atoms with van der Waals surface area (Å²) >= 11 is 0.